The van der Waals surface area contributed by atoms with Crippen molar-refractivity contribution < 1.29 is 8.81 Å². The van der Waals surface area contributed by atoms with Crippen LogP contribution in [-0.4, -0.2) is 4.57 Å². The summed E-state index contributed by atoms with van der Waals surface area (Å²) in [6, 6.07) is 9.45. The Morgan fingerprint density at radius 1 is 1.29 bits per heavy atom. The minimum absolute atomic E-state index is 0.207. The number of halogens is 3. The van der Waals surface area contributed by atoms with Gasteiger partial charge in [-0.05, 0) is 29.8 Å². The maximum atomic E-state index is 13.9. The fourth-order valence-corrected chi connectivity index (χ4v) is 2.91. The minimum Gasteiger partial charge on any atom is -0.408 e. The molecule has 0 N–H and O–H groups in total. The van der Waals surface area contributed by atoms with E-state index in [1.165, 1.54) is 16.7 Å². The maximum absolute atomic E-state index is 13.9. The summed E-state index contributed by atoms with van der Waals surface area (Å²) in [6.07, 6.45) is 0. The number of fused-ring (bicyclic) bond motifs is 1. The van der Waals surface area contributed by atoms with Gasteiger partial charge in [0.15, 0.2) is 5.58 Å². The fourth-order valence-electron chi connectivity index (χ4n) is 2.23. The number of oxazole rings is 1. The molecule has 108 valence electrons. The Labute approximate surface area is 129 Å². The predicted octanol–water partition coefficient (Wildman–Crippen LogP) is 4.25. The largest absolute Gasteiger partial charge is 0.419 e. The van der Waals surface area contributed by atoms with Gasteiger partial charge in [0.25, 0.3) is 0 Å². The molecule has 2 aromatic carbocycles. The van der Waals surface area contributed by atoms with Crippen molar-refractivity contribution in [3.63, 3.8) is 0 Å². The molecule has 1 unspecified atom stereocenters. The van der Waals surface area contributed by atoms with Gasteiger partial charge in [0.1, 0.15) is 5.82 Å². The minimum atomic E-state index is -0.770. The van der Waals surface area contributed by atoms with Crippen LogP contribution in [0.3, 0.4) is 0 Å². The zero-order chi connectivity index (χ0) is 15.1. The molecule has 3 aromatic rings. The van der Waals surface area contributed by atoms with Crippen LogP contribution >= 0.6 is 23.2 Å². The van der Waals surface area contributed by atoms with Gasteiger partial charge in [-0.15, -0.1) is 11.6 Å². The van der Waals surface area contributed by atoms with Crippen LogP contribution in [0.5, 0.6) is 0 Å². The number of hydrogen-bond acceptors (Lipinski definition) is 2. The molecule has 1 atom stereocenters. The average molecular weight is 326 g/mol. The lowest BCUT2D eigenvalue weighted by atomic mass is 10.0. The highest BCUT2D eigenvalue weighted by Gasteiger charge is 2.20. The number of rotatable bonds is 2. The molecule has 3 nitrogen and oxygen atoms in total. The van der Waals surface area contributed by atoms with E-state index in [0.29, 0.717) is 16.7 Å². The summed E-state index contributed by atoms with van der Waals surface area (Å²) in [4.78, 5) is 11.5. The van der Waals surface area contributed by atoms with E-state index in [1.807, 2.05) is 0 Å². The lowest BCUT2D eigenvalue weighted by Gasteiger charge is -2.13. The van der Waals surface area contributed by atoms with E-state index >= 15 is 0 Å². The standard InChI is InChI=1S/C15H10Cl2FNO2/c1-19-11-6-5-8(7-12(11)21-15(19)20)14(17)13-9(16)3-2-4-10(13)18/h2-7,14H,1H3. The molecule has 1 heterocycles. The van der Waals surface area contributed by atoms with Crippen LogP contribution in [0.1, 0.15) is 16.5 Å². The predicted molar refractivity (Wildman–Crippen MR) is 80.6 cm³/mol. The van der Waals surface area contributed by atoms with Gasteiger partial charge < -0.3 is 4.42 Å². The SMILES string of the molecule is Cn1c(=O)oc2cc(C(Cl)c3c(F)cccc3Cl)ccc21. The first-order valence-corrected chi connectivity index (χ1v) is 6.98. The van der Waals surface area contributed by atoms with E-state index < -0.39 is 17.0 Å². The van der Waals surface area contributed by atoms with Gasteiger partial charge in [-0.1, -0.05) is 23.7 Å². The van der Waals surface area contributed by atoms with Crippen molar-refractivity contribution in [3.8, 4) is 0 Å². The van der Waals surface area contributed by atoms with Crippen molar-refractivity contribution in [2.45, 2.75) is 5.38 Å². The van der Waals surface area contributed by atoms with Gasteiger partial charge >= 0.3 is 5.76 Å². The highest BCUT2D eigenvalue weighted by atomic mass is 35.5. The molecule has 3 rings (SSSR count). The Kier molecular flexibility index (Phi) is 3.51. The highest BCUT2D eigenvalue weighted by Crippen LogP contribution is 2.36. The van der Waals surface area contributed by atoms with Crippen molar-refractivity contribution in [2.75, 3.05) is 0 Å². The molecule has 0 radical (unpaired) electrons. The van der Waals surface area contributed by atoms with Gasteiger partial charge in [-0.2, -0.15) is 0 Å². The first-order valence-electron chi connectivity index (χ1n) is 6.16. The number of aromatic nitrogens is 1. The molecule has 0 aliphatic carbocycles. The van der Waals surface area contributed by atoms with Gasteiger partial charge in [0.05, 0.1) is 10.9 Å². The van der Waals surface area contributed by atoms with E-state index in [0.717, 1.165) is 0 Å². The molecule has 1 aromatic heterocycles. The fraction of sp³-hybridized carbons (Fsp3) is 0.133. The molecular formula is C15H10Cl2FNO2. The Bertz CT molecular complexity index is 865. The normalized spacial score (nSPS) is 12.8. The smallest absolute Gasteiger partial charge is 0.408 e. The molecule has 0 amide bonds. The molecule has 0 aliphatic heterocycles. The van der Waals surface area contributed by atoms with Crippen LogP contribution in [-0.2, 0) is 7.05 Å². The molecule has 0 saturated carbocycles. The lowest BCUT2D eigenvalue weighted by Crippen LogP contribution is -2.08. The number of hydrogen-bond donors (Lipinski definition) is 0. The molecule has 21 heavy (non-hydrogen) atoms. The first kappa shape index (κ1) is 14.2. The second-order valence-electron chi connectivity index (χ2n) is 4.65. The summed E-state index contributed by atoms with van der Waals surface area (Å²) in [7, 11) is 1.61. The van der Waals surface area contributed by atoms with Crippen molar-refractivity contribution in [1.29, 1.82) is 0 Å². The quantitative estimate of drug-likeness (QED) is 0.660. The zero-order valence-electron chi connectivity index (χ0n) is 10.9. The molecule has 0 fully saturated rings. The van der Waals surface area contributed by atoms with Crippen LogP contribution in [0, 0.1) is 5.82 Å². The average Bonchev–Trinajstić information content (AvgIpc) is 2.73. The van der Waals surface area contributed by atoms with Crippen molar-refractivity contribution >= 4 is 34.3 Å². The third-order valence-corrected chi connectivity index (χ3v) is 4.16. The van der Waals surface area contributed by atoms with Crippen molar-refractivity contribution in [1.82, 2.24) is 4.57 Å². The van der Waals surface area contributed by atoms with E-state index in [2.05, 4.69) is 0 Å². The van der Waals surface area contributed by atoms with Crippen LogP contribution in [0.2, 0.25) is 5.02 Å². The third kappa shape index (κ3) is 2.34. The summed E-state index contributed by atoms with van der Waals surface area (Å²) < 4.78 is 20.4. The van der Waals surface area contributed by atoms with Crippen LogP contribution < -0.4 is 5.76 Å². The molecule has 6 heteroatoms. The van der Waals surface area contributed by atoms with Gasteiger partial charge in [-0.25, -0.2) is 9.18 Å². The number of aryl methyl sites for hydroxylation is 1. The van der Waals surface area contributed by atoms with Crippen LogP contribution in [0.25, 0.3) is 11.1 Å². The Balaban J connectivity index is 2.14. The van der Waals surface area contributed by atoms with E-state index in [-0.39, 0.29) is 10.6 Å². The van der Waals surface area contributed by atoms with E-state index in [4.69, 9.17) is 27.6 Å². The third-order valence-electron chi connectivity index (χ3n) is 3.36. The summed E-state index contributed by atoms with van der Waals surface area (Å²) >= 11 is 12.4. The van der Waals surface area contributed by atoms with E-state index in [9.17, 15) is 9.18 Å². The summed E-state index contributed by atoms with van der Waals surface area (Å²) in [5.74, 6) is -0.936. The van der Waals surface area contributed by atoms with Gasteiger partial charge in [-0.3, -0.25) is 4.57 Å². The monoisotopic (exact) mass is 325 g/mol. The summed E-state index contributed by atoms with van der Waals surface area (Å²) in [6.45, 7) is 0. The number of nitrogens with zero attached hydrogens (tertiary/aromatic N) is 1. The first-order chi connectivity index (χ1) is 9.99. The van der Waals surface area contributed by atoms with Crippen molar-refractivity contribution in [3.05, 3.63) is 68.9 Å². The van der Waals surface area contributed by atoms with Gasteiger partial charge in [0, 0.05) is 17.6 Å². The maximum Gasteiger partial charge on any atom is 0.419 e. The Morgan fingerprint density at radius 2 is 2.05 bits per heavy atom. The zero-order valence-corrected chi connectivity index (χ0v) is 12.5. The highest BCUT2D eigenvalue weighted by molar-refractivity contribution is 6.33. The number of alkyl halides is 1. The lowest BCUT2D eigenvalue weighted by molar-refractivity contribution is 0.528. The molecule has 0 aliphatic rings. The Morgan fingerprint density at radius 3 is 2.76 bits per heavy atom. The molecule has 0 saturated heterocycles. The van der Waals surface area contributed by atoms with Crippen molar-refractivity contribution in [2.24, 2.45) is 7.05 Å². The topological polar surface area (TPSA) is 35.1 Å². The number of benzene rings is 2. The van der Waals surface area contributed by atoms with Crippen LogP contribution in [0.15, 0.2) is 45.6 Å². The van der Waals surface area contributed by atoms with Gasteiger partial charge in [0.2, 0.25) is 0 Å². The summed E-state index contributed by atoms with van der Waals surface area (Å²) in [5.41, 5.74) is 1.86. The molecular weight excluding hydrogens is 316 g/mol. The Hall–Kier alpha value is -1.78. The molecule has 0 spiro atoms. The second kappa shape index (κ2) is 5.20. The van der Waals surface area contributed by atoms with Crippen LogP contribution in [0.4, 0.5) is 4.39 Å². The second-order valence-corrected chi connectivity index (χ2v) is 5.50. The molecule has 0 bridgehead atoms. The van der Waals surface area contributed by atoms with E-state index in [1.54, 1.807) is 31.3 Å². The summed E-state index contributed by atoms with van der Waals surface area (Å²) in [5, 5.41) is -0.516.